The van der Waals surface area contributed by atoms with Crippen molar-refractivity contribution in [3.05, 3.63) is 65.7 Å². The largest absolute Gasteiger partial charge is 0.381 e. The van der Waals surface area contributed by atoms with E-state index in [2.05, 4.69) is 22.8 Å². The van der Waals surface area contributed by atoms with Gasteiger partial charge in [0.2, 0.25) is 5.91 Å². The van der Waals surface area contributed by atoms with Gasteiger partial charge >= 0.3 is 0 Å². The molecule has 0 aliphatic heterocycles. The van der Waals surface area contributed by atoms with Crippen molar-refractivity contribution in [1.29, 1.82) is 0 Å². The molecule has 0 aliphatic rings. The van der Waals surface area contributed by atoms with Crippen LogP contribution in [0.25, 0.3) is 0 Å². The monoisotopic (exact) mass is 340 g/mol. The Balaban J connectivity index is 1.58. The lowest BCUT2D eigenvalue weighted by Crippen LogP contribution is -2.25. The molecule has 0 unspecified atom stereocenters. The van der Waals surface area contributed by atoms with Crippen molar-refractivity contribution in [1.82, 2.24) is 5.32 Å². The van der Waals surface area contributed by atoms with Crippen LogP contribution >= 0.6 is 0 Å². The number of nitrogens with one attached hydrogen (secondary N) is 2. The summed E-state index contributed by atoms with van der Waals surface area (Å²) >= 11 is 0. The molecule has 0 spiro atoms. The van der Waals surface area contributed by atoms with E-state index in [1.807, 2.05) is 18.2 Å². The first-order chi connectivity index (χ1) is 12.1. The molecule has 5 nitrogen and oxygen atoms in total. The molecule has 2 aromatic carbocycles. The molecule has 0 saturated heterocycles. The van der Waals surface area contributed by atoms with Gasteiger partial charge in [-0.3, -0.25) is 9.59 Å². The molecule has 2 N–H and O–H groups in total. The number of benzene rings is 2. The van der Waals surface area contributed by atoms with Gasteiger partial charge < -0.3 is 15.4 Å². The third kappa shape index (κ3) is 7.18. The lowest BCUT2D eigenvalue weighted by molar-refractivity contribution is -0.114. The zero-order valence-corrected chi connectivity index (χ0v) is 14.5. The molecule has 0 aliphatic carbocycles. The highest BCUT2D eigenvalue weighted by molar-refractivity contribution is 5.95. The molecular formula is C20H24N2O3. The summed E-state index contributed by atoms with van der Waals surface area (Å²) in [6, 6.07) is 17.0. The second-order valence-corrected chi connectivity index (χ2v) is 5.72. The van der Waals surface area contributed by atoms with Crippen molar-refractivity contribution < 1.29 is 14.3 Å². The molecule has 2 aromatic rings. The van der Waals surface area contributed by atoms with Gasteiger partial charge in [0, 0.05) is 31.3 Å². The third-order valence-corrected chi connectivity index (χ3v) is 3.60. The first-order valence-electron chi connectivity index (χ1n) is 8.42. The fraction of sp³-hybridized carbons (Fsp3) is 0.300. The maximum atomic E-state index is 12.0. The summed E-state index contributed by atoms with van der Waals surface area (Å²) < 4.78 is 5.59. The van der Waals surface area contributed by atoms with E-state index in [9.17, 15) is 9.59 Å². The Labute approximate surface area is 148 Å². The molecule has 2 amide bonds. The van der Waals surface area contributed by atoms with Gasteiger partial charge in [-0.15, -0.1) is 0 Å². The molecule has 0 radical (unpaired) electrons. The molecule has 0 bridgehead atoms. The van der Waals surface area contributed by atoms with Crippen molar-refractivity contribution >= 4 is 17.5 Å². The number of hydrogen-bond acceptors (Lipinski definition) is 3. The highest BCUT2D eigenvalue weighted by Crippen LogP contribution is 2.09. The summed E-state index contributed by atoms with van der Waals surface area (Å²) in [5.41, 5.74) is 2.51. The van der Waals surface area contributed by atoms with Crippen LogP contribution < -0.4 is 10.6 Å². The van der Waals surface area contributed by atoms with Crippen LogP contribution in [0, 0.1) is 0 Å². The molecule has 0 heterocycles. The molecule has 132 valence electrons. The van der Waals surface area contributed by atoms with Crippen LogP contribution in [0.1, 0.15) is 29.3 Å². The van der Waals surface area contributed by atoms with Gasteiger partial charge in [-0.25, -0.2) is 0 Å². The normalized spacial score (nSPS) is 10.3. The van der Waals surface area contributed by atoms with Crippen molar-refractivity contribution in [2.75, 3.05) is 25.1 Å². The van der Waals surface area contributed by atoms with Crippen molar-refractivity contribution in [3.8, 4) is 0 Å². The molecule has 0 aromatic heterocycles. The Morgan fingerprint density at radius 2 is 1.68 bits per heavy atom. The average molecular weight is 340 g/mol. The number of ether oxygens (including phenoxy) is 1. The van der Waals surface area contributed by atoms with Crippen LogP contribution in [-0.2, 0) is 16.0 Å². The molecule has 0 atom stereocenters. The van der Waals surface area contributed by atoms with Gasteiger partial charge in [0.1, 0.15) is 0 Å². The second kappa shape index (κ2) is 10.3. The molecule has 25 heavy (non-hydrogen) atoms. The maximum absolute atomic E-state index is 12.0. The smallest absolute Gasteiger partial charge is 0.251 e. The number of carbonyl (C=O) groups excluding carboxylic acids is 2. The van der Waals surface area contributed by atoms with E-state index in [0.717, 1.165) is 12.8 Å². The molecule has 5 heteroatoms. The summed E-state index contributed by atoms with van der Waals surface area (Å²) in [4.78, 5) is 23.0. The average Bonchev–Trinajstić information content (AvgIpc) is 2.61. The summed E-state index contributed by atoms with van der Waals surface area (Å²) in [6.07, 6.45) is 1.67. The van der Waals surface area contributed by atoms with Crippen LogP contribution in [0.15, 0.2) is 54.6 Å². The standard InChI is InChI=1S/C20H24N2O3/c1-16(23)22-19-10-8-18(9-11-19)20(24)21-13-5-14-25-15-12-17-6-3-2-4-7-17/h2-4,6-11H,5,12-15H2,1H3,(H,21,24)(H,22,23). The van der Waals surface area contributed by atoms with Crippen LogP contribution in [0.4, 0.5) is 5.69 Å². The van der Waals surface area contributed by atoms with Crippen LogP contribution in [0.2, 0.25) is 0 Å². The Hall–Kier alpha value is -2.66. The fourth-order valence-electron chi connectivity index (χ4n) is 2.32. The fourth-order valence-corrected chi connectivity index (χ4v) is 2.32. The van der Waals surface area contributed by atoms with Gasteiger partial charge in [0.25, 0.3) is 5.91 Å². The Kier molecular flexibility index (Phi) is 7.66. The van der Waals surface area contributed by atoms with Crippen molar-refractivity contribution in [2.24, 2.45) is 0 Å². The Bertz CT molecular complexity index is 669. The Morgan fingerprint density at radius 3 is 2.36 bits per heavy atom. The second-order valence-electron chi connectivity index (χ2n) is 5.72. The number of rotatable bonds is 9. The first kappa shape index (κ1) is 18.7. The quantitative estimate of drug-likeness (QED) is 0.690. The van der Waals surface area contributed by atoms with Gasteiger partial charge in [0.05, 0.1) is 6.61 Å². The van der Waals surface area contributed by atoms with Gasteiger partial charge in [-0.1, -0.05) is 30.3 Å². The van der Waals surface area contributed by atoms with E-state index in [4.69, 9.17) is 4.74 Å². The van der Waals surface area contributed by atoms with Crippen LogP contribution in [-0.4, -0.2) is 31.6 Å². The number of anilines is 1. The van der Waals surface area contributed by atoms with Gasteiger partial charge in [-0.2, -0.15) is 0 Å². The molecule has 0 saturated carbocycles. The summed E-state index contributed by atoms with van der Waals surface area (Å²) in [5.74, 6) is -0.261. The minimum atomic E-state index is -0.135. The van der Waals surface area contributed by atoms with Gasteiger partial charge in [-0.05, 0) is 42.7 Å². The topological polar surface area (TPSA) is 67.4 Å². The molecule has 2 rings (SSSR count). The number of hydrogen-bond donors (Lipinski definition) is 2. The molecular weight excluding hydrogens is 316 g/mol. The van der Waals surface area contributed by atoms with E-state index in [-0.39, 0.29) is 11.8 Å². The maximum Gasteiger partial charge on any atom is 0.251 e. The van der Waals surface area contributed by atoms with Crippen LogP contribution in [0.5, 0.6) is 0 Å². The van der Waals surface area contributed by atoms with E-state index in [1.54, 1.807) is 24.3 Å². The zero-order chi connectivity index (χ0) is 17.9. The predicted octanol–water partition coefficient (Wildman–Crippen LogP) is 3.02. The van der Waals surface area contributed by atoms with Crippen molar-refractivity contribution in [2.45, 2.75) is 19.8 Å². The van der Waals surface area contributed by atoms with Gasteiger partial charge in [0.15, 0.2) is 0 Å². The minimum absolute atomic E-state index is 0.126. The van der Waals surface area contributed by atoms with E-state index >= 15 is 0 Å². The van der Waals surface area contributed by atoms with Crippen LogP contribution in [0.3, 0.4) is 0 Å². The zero-order valence-electron chi connectivity index (χ0n) is 14.5. The summed E-state index contributed by atoms with van der Waals surface area (Å²) in [7, 11) is 0. The summed E-state index contributed by atoms with van der Waals surface area (Å²) in [5, 5.41) is 5.53. The number of amides is 2. The van der Waals surface area contributed by atoms with Crippen molar-refractivity contribution in [3.63, 3.8) is 0 Å². The number of carbonyl (C=O) groups is 2. The SMILES string of the molecule is CC(=O)Nc1ccc(C(=O)NCCCOCCc2ccccc2)cc1. The highest BCUT2D eigenvalue weighted by atomic mass is 16.5. The lowest BCUT2D eigenvalue weighted by atomic mass is 10.2. The van der Waals surface area contributed by atoms with E-state index < -0.39 is 0 Å². The summed E-state index contributed by atoms with van der Waals surface area (Å²) in [6.45, 7) is 3.32. The lowest BCUT2D eigenvalue weighted by Gasteiger charge is -2.07. The molecule has 0 fully saturated rings. The third-order valence-electron chi connectivity index (χ3n) is 3.60. The Morgan fingerprint density at radius 1 is 0.960 bits per heavy atom. The highest BCUT2D eigenvalue weighted by Gasteiger charge is 2.05. The first-order valence-corrected chi connectivity index (χ1v) is 8.42. The van der Waals surface area contributed by atoms with E-state index in [1.165, 1.54) is 12.5 Å². The minimum Gasteiger partial charge on any atom is -0.381 e. The van der Waals surface area contributed by atoms with E-state index in [0.29, 0.717) is 31.0 Å². The predicted molar refractivity (Wildman–Crippen MR) is 98.7 cm³/mol.